The monoisotopic (exact) mass is 441 g/mol. The predicted octanol–water partition coefficient (Wildman–Crippen LogP) is 6.59. The molecule has 1 heterocycles. The van der Waals surface area contributed by atoms with E-state index in [2.05, 4.69) is 41.1 Å². The van der Waals surface area contributed by atoms with Gasteiger partial charge < -0.3 is 4.74 Å². The highest BCUT2D eigenvalue weighted by Crippen LogP contribution is 2.47. The zero-order chi connectivity index (χ0) is 18.2. The van der Waals surface area contributed by atoms with Gasteiger partial charge in [-0.05, 0) is 48.6 Å². The molecule has 2 nitrogen and oxygen atoms in total. The lowest BCUT2D eigenvalue weighted by Gasteiger charge is -2.25. The molecule has 0 fully saturated rings. The van der Waals surface area contributed by atoms with E-state index in [0.29, 0.717) is 16.6 Å². The molecule has 2 aromatic rings. The van der Waals surface area contributed by atoms with Gasteiger partial charge in [-0.2, -0.15) is 0 Å². The summed E-state index contributed by atoms with van der Waals surface area (Å²) >= 11 is 10.9. The fourth-order valence-corrected chi connectivity index (χ4v) is 3.89. The van der Waals surface area contributed by atoms with E-state index in [1.807, 2.05) is 36.5 Å². The van der Waals surface area contributed by atoms with Crippen LogP contribution in [-0.4, -0.2) is 11.0 Å². The van der Waals surface area contributed by atoms with E-state index < -0.39 is 11.4 Å². The second-order valence-corrected chi connectivity index (χ2v) is 9.72. The normalized spacial score (nSPS) is 19.9. The highest BCUT2D eigenvalue weighted by atomic mass is 79.9. The highest BCUT2D eigenvalue weighted by molar-refractivity contribution is 9.10. The van der Waals surface area contributed by atoms with E-state index in [1.165, 1.54) is 18.0 Å². The van der Waals surface area contributed by atoms with Crippen LogP contribution in [0, 0.1) is 5.82 Å². The van der Waals surface area contributed by atoms with Crippen LogP contribution in [-0.2, 0) is 12.0 Å². The third kappa shape index (κ3) is 3.88. The molecule has 1 atom stereocenters. The molecule has 0 saturated heterocycles. The summed E-state index contributed by atoms with van der Waals surface area (Å²) in [6, 6.07) is 11.2. The predicted molar refractivity (Wildman–Crippen MR) is 107 cm³/mol. The maximum Gasteiger partial charge on any atom is 0.174 e. The molecule has 132 valence electrons. The number of nitrogens with zero attached hydrogens (tertiary/aromatic N) is 1. The van der Waals surface area contributed by atoms with E-state index in [-0.39, 0.29) is 9.77 Å². The van der Waals surface area contributed by atoms with Crippen LogP contribution >= 0.6 is 39.5 Å². The van der Waals surface area contributed by atoms with Gasteiger partial charge in [0.15, 0.2) is 5.60 Å². The Labute approximate surface area is 165 Å². The summed E-state index contributed by atoms with van der Waals surface area (Å²) in [6.45, 7) is 6.29. The van der Waals surface area contributed by atoms with Gasteiger partial charge in [0.25, 0.3) is 0 Å². The van der Waals surface area contributed by atoms with Crippen molar-refractivity contribution in [3.8, 4) is 5.75 Å². The van der Waals surface area contributed by atoms with Crippen molar-refractivity contribution in [2.24, 2.45) is 4.40 Å². The Morgan fingerprint density at radius 2 is 2.00 bits per heavy atom. The van der Waals surface area contributed by atoms with Crippen molar-refractivity contribution in [2.75, 3.05) is 0 Å². The van der Waals surface area contributed by atoms with Gasteiger partial charge in [0, 0.05) is 32.8 Å². The van der Waals surface area contributed by atoms with E-state index in [9.17, 15) is 4.39 Å². The molecular formula is C19H18BrClFNOS. The first-order chi connectivity index (χ1) is 11.7. The Kier molecular flexibility index (Phi) is 5.20. The third-order valence-electron chi connectivity index (χ3n) is 3.80. The molecule has 1 aliphatic heterocycles. The fourth-order valence-electron chi connectivity index (χ4n) is 2.66. The molecule has 25 heavy (non-hydrogen) atoms. The second kappa shape index (κ2) is 6.93. The standard InChI is InChI=1S/C19H18BrClFNOS/c1-18(2,3)25-23-11-19(12-7-5-4-6-8-12)10-13-15(24-19)9-14(22)17(21)16(13)20/h4-9,11H,10H2,1-3H3/b23-11+. The number of fused-ring (bicyclic) bond motifs is 1. The van der Waals surface area contributed by atoms with Crippen molar-refractivity contribution >= 4 is 45.7 Å². The van der Waals surface area contributed by atoms with Crippen molar-refractivity contribution in [2.45, 2.75) is 37.5 Å². The molecule has 1 unspecified atom stereocenters. The number of benzene rings is 2. The summed E-state index contributed by atoms with van der Waals surface area (Å²) in [5.74, 6) is -0.0120. The molecule has 0 saturated carbocycles. The third-order valence-corrected chi connectivity index (χ3v) is 6.04. The summed E-state index contributed by atoms with van der Waals surface area (Å²) in [5.41, 5.74) is 1.04. The summed E-state index contributed by atoms with van der Waals surface area (Å²) < 4.78 is 25.3. The molecule has 0 aromatic heterocycles. The number of hydrogen-bond donors (Lipinski definition) is 0. The molecule has 1 aliphatic rings. The van der Waals surface area contributed by atoms with Crippen LogP contribution in [0.2, 0.25) is 5.02 Å². The fraction of sp³-hybridized carbons (Fsp3) is 0.316. The zero-order valence-corrected chi connectivity index (χ0v) is 17.3. The van der Waals surface area contributed by atoms with Crippen LogP contribution in [0.25, 0.3) is 0 Å². The smallest absolute Gasteiger partial charge is 0.174 e. The van der Waals surface area contributed by atoms with Gasteiger partial charge >= 0.3 is 0 Å². The number of halogens is 3. The van der Waals surface area contributed by atoms with Gasteiger partial charge in [0.1, 0.15) is 11.6 Å². The lowest BCUT2D eigenvalue weighted by molar-refractivity contribution is 0.177. The molecule has 0 N–H and O–H groups in total. The summed E-state index contributed by atoms with van der Waals surface area (Å²) in [6.07, 6.45) is 2.34. The van der Waals surface area contributed by atoms with Crippen LogP contribution < -0.4 is 4.74 Å². The molecule has 0 radical (unpaired) electrons. The summed E-state index contributed by atoms with van der Waals surface area (Å²) in [5, 5.41) is 0.0761. The van der Waals surface area contributed by atoms with Crippen LogP contribution in [0.15, 0.2) is 45.3 Å². The average Bonchev–Trinajstić information content (AvgIpc) is 2.92. The van der Waals surface area contributed by atoms with Crippen LogP contribution in [0.3, 0.4) is 0 Å². The molecule has 6 heteroatoms. The van der Waals surface area contributed by atoms with Gasteiger partial charge in [-0.1, -0.05) is 41.9 Å². The maximum absolute atomic E-state index is 14.0. The van der Waals surface area contributed by atoms with E-state index in [4.69, 9.17) is 16.3 Å². The second-order valence-electron chi connectivity index (χ2n) is 6.94. The van der Waals surface area contributed by atoms with Gasteiger partial charge in [-0.15, -0.1) is 0 Å². The van der Waals surface area contributed by atoms with Crippen LogP contribution in [0.4, 0.5) is 4.39 Å². The average molecular weight is 443 g/mol. The first kappa shape index (κ1) is 18.7. The van der Waals surface area contributed by atoms with Gasteiger partial charge in [0.05, 0.1) is 11.2 Å². The van der Waals surface area contributed by atoms with Crippen molar-refractivity contribution < 1.29 is 9.13 Å². The molecule has 0 spiro atoms. The van der Waals surface area contributed by atoms with Gasteiger partial charge in [-0.3, -0.25) is 0 Å². The van der Waals surface area contributed by atoms with Gasteiger partial charge in [-0.25, -0.2) is 8.79 Å². The Morgan fingerprint density at radius 3 is 2.64 bits per heavy atom. The number of ether oxygens (including phenoxy) is 1. The molecule has 0 bridgehead atoms. The van der Waals surface area contributed by atoms with E-state index >= 15 is 0 Å². The lowest BCUT2D eigenvalue weighted by Crippen LogP contribution is -2.33. The molecule has 0 aliphatic carbocycles. The Balaban J connectivity index is 2.05. The topological polar surface area (TPSA) is 21.6 Å². The first-order valence-electron chi connectivity index (χ1n) is 7.85. The van der Waals surface area contributed by atoms with E-state index in [1.54, 1.807) is 0 Å². The van der Waals surface area contributed by atoms with Crippen molar-refractivity contribution in [3.05, 3.63) is 62.8 Å². The minimum Gasteiger partial charge on any atom is -0.476 e. The van der Waals surface area contributed by atoms with Crippen molar-refractivity contribution in [1.82, 2.24) is 0 Å². The SMILES string of the molecule is CC(C)(C)S/N=C/C1(c2ccccc2)Cc2c(cc(F)c(Cl)c2Br)O1. The van der Waals surface area contributed by atoms with Crippen molar-refractivity contribution in [1.29, 1.82) is 0 Å². The zero-order valence-electron chi connectivity index (χ0n) is 14.1. The lowest BCUT2D eigenvalue weighted by atomic mass is 9.90. The van der Waals surface area contributed by atoms with Gasteiger partial charge in [0.2, 0.25) is 0 Å². The van der Waals surface area contributed by atoms with E-state index in [0.717, 1.165) is 11.1 Å². The Bertz CT molecular complexity index is 822. The minimum atomic E-state index is -0.776. The minimum absolute atomic E-state index is 0.00413. The Hall–Kier alpha value is -1.04. The summed E-state index contributed by atoms with van der Waals surface area (Å²) in [7, 11) is 0. The molecule has 2 aromatic carbocycles. The molecule has 0 amide bonds. The molecule has 3 rings (SSSR count). The largest absolute Gasteiger partial charge is 0.476 e. The number of hydrogen-bond acceptors (Lipinski definition) is 3. The van der Waals surface area contributed by atoms with Crippen LogP contribution in [0.1, 0.15) is 31.9 Å². The highest BCUT2D eigenvalue weighted by Gasteiger charge is 2.42. The van der Waals surface area contributed by atoms with Crippen LogP contribution in [0.5, 0.6) is 5.75 Å². The quantitative estimate of drug-likeness (QED) is 0.304. The number of rotatable bonds is 3. The Morgan fingerprint density at radius 1 is 1.32 bits per heavy atom. The molecular weight excluding hydrogens is 425 g/mol. The first-order valence-corrected chi connectivity index (χ1v) is 9.80. The van der Waals surface area contributed by atoms with Crippen molar-refractivity contribution in [3.63, 3.8) is 0 Å². The summed E-state index contributed by atoms with van der Waals surface area (Å²) in [4.78, 5) is 0. The maximum atomic E-state index is 14.0.